The molecule has 0 N–H and O–H groups in total. The van der Waals surface area contributed by atoms with Crippen LogP contribution in [0.25, 0.3) is 0 Å². The van der Waals surface area contributed by atoms with Crippen molar-refractivity contribution in [2.24, 2.45) is 0 Å². The number of amides is 1. The first kappa shape index (κ1) is 19.9. The molecule has 1 amide bonds. The Hall–Kier alpha value is -1.83. The summed E-state index contributed by atoms with van der Waals surface area (Å²) in [5, 5.41) is -0.201. The zero-order chi connectivity index (χ0) is 19.4. The Morgan fingerprint density at radius 2 is 1.56 bits per heavy atom. The van der Waals surface area contributed by atoms with Gasteiger partial charge in [-0.25, -0.2) is 8.42 Å². The van der Waals surface area contributed by atoms with Crippen molar-refractivity contribution in [1.82, 2.24) is 9.21 Å². The Morgan fingerprint density at radius 3 is 2.15 bits per heavy atom. The van der Waals surface area contributed by atoms with Gasteiger partial charge in [0.05, 0.1) is 10.1 Å². The van der Waals surface area contributed by atoms with Gasteiger partial charge in [0.1, 0.15) is 0 Å². The Bertz CT molecular complexity index is 875. The SMILES string of the molecule is Cc1ccc(S(=O)(=O)N2CCN(C(=O)[C@H](C)Sc3ccccc3)CC2)cc1. The van der Waals surface area contributed by atoms with Gasteiger partial charge >= 0.3 is 0 Å². The molecular weight excluding hydrogens is 380 g/mol. The number of benzene rings is 2. The molecule has 0 saturated carbocycles. The summed E-state index contributed by atoms with van der Waals surface area (Å²) in [7, 11) is -3.51. The molecule has 0 bridgehead atoms. The summed E-state index contributed by atoms with van der Waals surface area (Å²) < 4.78 is 27.0. The van der Waals surface area contributed by atoms with Gasteiger partial charge < -0.3 is 4.90 Å². The molecule has 0 spiro atoms. The molecule has 1 saturated heterocycles. The third kappa shape index (κ3) is 4.72. The standard InChI is InChI=1S/C20H24N2O3S2/c1-16-8-10-19(11-9-16)27(24,25)22-14-12-21(13-15-22)20(23)17(2)26-18-6-4-3-5-7-18/h3-11,17H,12-15H2,1-2H3/t17-/m0/s1. The summed E-state index contributed by atoms with van der Waals surface area (Å²) in [6.07, 6.45) is 0. The Morgan fingerprint density at radius 1 is 0.963 bits per heavy atom. The number of thioether (sulfide) groups is 1. The van der Waals surface area contributed by atoms with Gasteiger partial charge in [0, 0.05) is 31.1 Å². The van der Waals surface area contributed by atoms with E-state index in [2.05, 4.69) is 0 Å². The molecule has 2 aromatic carbocycles. The van der Waals surface area contributed by atoms with Crippen LogP contribution in [0.5, 0.6) is 0 Å². The lowest BCUT2D eigenvalue weighted by Crippen LogP contribution is -2.52. The molecule has 2 aromatic rings. The Kier molecular flexibility index (Phi) is 6.24. The summed E-state index contributed by atoms with van der Waals surface area (Å²) in [5.74, 6) is 0.0521. The van der Waals surface area contributed by atoms with Crippen molar-refractivity contribution in [1.29, 1.82) is 0 Å². The van der Waals surface area contributed by atoms with Gasteiger partial charge in [0.15, 0.2) is 0 Å². The normalized spacial score (nSPS) is 16.9. The smallest absolute Gasteiger partial charge is 0.243 e. The van der Waals surface area contributed by atoms with E-state index in [9.17, 15) is 13.2 Å². The number of carbonyl (C=O) groups excluding carboxylic acids is 1. The highest BCUT2D eigenvalue weighted by Gasteiger charge is 2.31. The zero-order valence-electron chi connectivity index (χ0n) is 15.5. The highest BCUT2D eigenvalue weighted by atomic mass is 32.2. The van der Waals surface area contributed by atoms with E-state index in [4.69, 9.17) is 0 Å². The van der Waals surface area contributed by atoms with Gasteiger partial charge in [-0.15, -0.1) is 11.8 Å². The minimum absolute atomic E-state index is 0.0521. The van der Waals surface area contributed by atoms with Crippen LogP contribution in [0.2, 0.25) is 0 Å². The first-order chi connectivity index (χ1) is 12.9. The second-order valence-electron chi connectivity index (χ2n) is 6.62. The molecular formula is C20H24N2O3S2. The topological polar surface area (TPSA) is 57.7 Å². The van der Waals surface area contributed by atoms with Crippen LogP contribution in [-0.2, 0) is 14.8 Å². The summed E-state index contributed by atoms with van der Waals surface area (Å²) in [4.78, 5) is 15.8. The van der Waals surface area contributed by atoms with Gasteiger partial charge in [-0.2, -0.15) is 4.31 Å². The molecule has 7 heteroatoms. The Balaban J connectivity index is 1.59. The maximum absolute atomic E-state index is 12.8. The molecule has 0 aliphatic carbocycles. The van der Waals surface area contributed by atoms with Crippen molar-refractivity contribution in [3.8, 4) is 0 Å². The van der Waals surface area contributed by atoms with Crippen molar-refractivity contribution in [2.45, 2.75) is 28.9 Å². The van der Waals surface area contributed by atoms with Crippen LogP contribution >= 0.6 is 11.8 Å². The van der Waals surface area contributed by atoms with Crippen molar-refractivity contribution in [3.63, 3.8) is 0 Å². The fourth-order valence-electron chi connectivity index (χ4n) is 3.02. The van der Waals surface area contributed by atoms with Crippen LogP contribution in [0, 0.1) is 6.92 Å². The van der Waals surface area contributed by atoms with E-state index in [0.29, 0.717) is 31.1 Å². The number of sulfonamides is 1. The molecule has 1 atom stereocenters. The van der Waals surface area contributed by atoms with Crippen LogP contribution in [0.4, 0.5) is 0 Å². The van der Waals surface area contributed by atoms with E-state index in [1.54, 1.807) is 29.2 Å². The van der Waals surface area contributed by atoms with Gasteiger partial charge in [-0.3, -0.25) is 4.79 Å². The maximum Gasteiger partial charge on any atom is 0.243 e. The third-order valence-corrected chi connectivity index (χ3v) is 7.63. The molecule has 27 heavy (non-hydrogen) atoms. The second-order valence-corrected chi connectivity index (χ2v) is 9.97. The van der Waals surface area contributed by atoms with Crippen LogP contribution in [0.1, 0.15) is 12.5 Å². The number of aryl methyl sites for hydroxylation is 1. The minimum atomic E-state index is -3.51. The molecule has 0 aromatic heterocycles. The van der Waals surface area contributed by atoms with Crippen molar-refractivity contribution in [2.75, 3.05) is 26.2 Å². The summed E-state index contributed by atoms with van der Waals surface area (Å²) in [6.45, 7) is 5.31. The fraction of sp³-hybridized carbons (Fsp3) is 0.350. The highest BCUT2D eigenvalue weighted by molar-refractivity contribution is 8.00. The van der Waals surface area contributed by atoms with E-state index in [1.165, 1.54) is 16.1 Å². The molecule has 1 heterocycles. The maximum atomic E-state index is 12.8. The van der Waals surface area contributed by atoms with Crippen LogP contribution in [0.15, 0.2) is 64.4 Å². The van der Waals surface area contributed by atoms with E-state index in [1.807, 2.05) is 44.2 Å². The molecule has 5 nitrogen and oxygen atoms in total. The average Bonchev–Trinajstić information content (AvgIpc) is 2.68. The van der Waals surface area contributed by atoms with Gasteiger partial charge in [0.2, 0.25) is 15.9 Å². The number of carbonyl (C=O) groups is 1. The zero-order valence-corrected chi connectivity index (χ0v) is 17.2. The van der Waals surface area contributed by atoms with E-state index >= 15 is 0 Å². The first-order valence-corrected chi connectivity index (χ1v) is 11.3. The number of hydrogen-bond donors (Lipinski definition) is 0. The molecule has 3 rings (SSSR count). The summed E-state index contributed by atoms with van der Waals surface area (Å²) in [5.41, 5.74) is 1.02. The quantitative estimate of drug-likeness (QED) is 0.719. The molecule has 144 valence electrons. The first-order valence-electron chi connectivity index (χ1n) is 8.95. The van der Waals surface area contributed by atoms with Crippen molar-refractivity contribution < 1.29 is 13.2 Å². The molecule has 1 aliphatic heterocycles. The number of rotatable bonds is 5. The van der Waals surface area contributed by atoms with Crippen LogP contribution in [-0.4, -0.2) is 55.0 Å². The molecule has 0 radical (unpaired) electrons. The second kappa shape index (κ2) is 8.46. The van der Waals surface area contributed by atoms with E-state index < -0.39 is 10.0 Å². The van der Waals surface area contributed by atoms with Gasteiger partial charge in [-0.05, 0) is 38.1 Å². The number of nitrogens with zero attached hydrogens (tertiary/aromatic N) is 2. The minimum Gasteiger partial charge on any atom is -0.339 e. The molecule has 0 unspecified atom stereocenters. The Labute approximate surface area is 165 Å². The lowest BCUT2D eigenvalue weighted by Gasteiger charge is -2.35. The monoisotopic (exact) mass is 404 g/mol. The lowest BCUT2D eigenvalue weighted by molar-refractivity contribution is -0.131. The average molecular weight is 405 g/mol. The van der Waals surface area contributed by atoms with E-state index in [0.717, 1.165) is 10.5 Å². The van der Waals surface area contributed by atoms with Crippen molar-refractivity contribution in [3.05, 3.63) is 60.2 Å². The predicted octanol–water partition coefficient (Wildman–Crippen LogP) is 3.01. The molecule has 1 fully saturated rings. The number of piperazine rings is 1. The lowest BCUT2D eigenvalue weighted by atomic mass is 10.2. The summed E-state index contributed by atoms with van der Waals surface area (Å²) in [6, 6.07) is 16.7. The highest BCUT2D eigenvalue weighted by Crippen LogP contribution is 2.25. The molecule has 1 aliphatic rings. The van der Waals surface area contributed by atoms with Crippen LogP contribution in [0.3, 0.4) is 0 Å². The number of hydrogen-bond acceptors (Lipinski definition) is 4. The van der Waals surface area contributed by atoms with Crippen LogP contribution < -0.4 is 0 Å². The largest absolute Gasteiger partial charge is 0.339 e. The third-order valence-electron chi connectivity index (χ3n) is 4.61. The predicted molar refractivity (Wildman–Crippen MR) is 108 cm³/mol. The van der Waals surface area contributed by atoms with E-state index in [-0.39, 0.29) is 11.2 Å². The summed E-state index contributed by atoms with van der Waals surface area (Å²) >= 11 is 1.53. The van der Waals surface area contributed by atoms with Gasteiger partial charge in [0.25, 0.3) is 0 Å². The van der Waals surface area contributed by atoms with Crippen molar-refractivity contribution >= 4 is 27.7 Å². The van der Waals surface area contributed by atoms with Gasteiger partial charge in [-0.1, -0.05) is 35.9 Å². The fourth-order valence-corrected chi connectivity index (χ4v) is 5.41.